The minimum atomic E-state index is -2.75. The van der Waals surface area contributed by atoms with Crippen LogP contribution in [-0.2, 0) is 0 Å². The third-order valence-electron chi connectivity index (χ3n) is 5.73. The van der Waals surface area contributed by atoms with E-state index in [1.54, 1.807) is 12.1 Å². The van der Waals surface area contributed by atoms with Crippen LogP contribution in [0.1, 0.15) is 50.0 Å². The molecule has 1 aliphatic rings. The second kappa shape index (κ2) is 9.95. The lowest BCUT2D eigenvalue weighted by molar-refractivity contribution is 0.0795. The van der Waals surface area contributed by atoms with Crippen molar-refractivity contribution in [2.24, 2.45) is 5.92 Å². The molecule has 2 aromatic rings. The van der Waals surface area contributed by atoms with E-state index in [1.807, 2.05) is 18.2 Å². The highest BCUT2D eigenvalue weighted by Crippen LogP contribution is 2.38. The second-order valence-electron chi connectivity index (χ2n) is 7.65. The standard InChI is InChI=1S/C24H26F4O/c1-2-3-4-16-5-7-17(8-6-16)18-9-11-19(12-10-18)20-13-14-21(24(28)23(20)27)29-15-22(25)26/h2,9-14,16-17,22H,1,3-8,15H2. The van der Waals surface area contributed by atoms with Gasteiger partial charge < -0.3 is 4.74 Å². The molecule has 0 amide bonds. The maximum Gasteiger partial charge on any atom is 0.272 e. The molecule has 1 aliphatic carbocycles. The number of alkyl halides is 2. The summed E-state index contributed by atoms with van der Waals surface area (Å²) < 4.78 is 57.6. The van der Waals surface area contributed by atoms with Gasteiger partial charge in [-0.2, -0.15) is 4.39 Å². The van der Waals surface area contributed by atoms with Crippen LogP contribution in [0.2, 0.25) is 0 Å². The Labute approximate surface area is 169 Å². The first-order chi connectivity index (χ1) is 14.0. The number of hydrogen-bond donors (Lipinski definition) is 0. The molecule has 0 aliphatic heterocycles. The molecule has 2 aromatic carbocycles. The van der Waals surface area contributed by atoms with E-state index < -0.39 is 30.4 Å². The fraction of sp³-hybridized carbons (Fsp3) is 0.417. The highest BCUT2D eigenvalue weighted by molar-refractivity contribution is 5.65. The number of rotatable bonds is 8. The van der Waals surface area contributed by atoms with Crippen LogP contribution in [0.4, 0.5) is 17.6 Å². The molecule has 0 spiro atoms. The molecule has 1 saturated carbocycles. The van der Waals surface area contributed by atoms with E-state index in [2.05, 4.69) is 11.3 Å². The Balaban J connectivity index is 1.67. The van der Waals surface area contributed by atoms with Crippen LogP contribution in [0.25, 0.3) is 11.1 Å². The summed E-state index contributed by atoms with van der Waals surface area (Å²) in [5.41, 5.74) is 1.85. The first kappa shape index (κ1) is 21.4. The maximum absolute atomic E-state index is 14.4. The highest BCUT2D eigenvalue weighted by atomic mass is 19.3. The van der Waals surface area contributed by atoms with Gasteiger partial charge in [0.05, 0.1) is 0 Å². The van der Waals surface area contributed by atoms with E-state index in [0.29, 0.717) is 11.5 Å². The number of benzene rings is 2. The number of allylic oxidation sites excluding steroid dienone is 1. The zero-order valence-electron chi connectivity index (χ0n) is 16.4. The molecule has 156 valence electrons. The molecule has 29 heavy (non-hydrogen) atoms. The normalized spacial score (nSPS) is 19.3. The topological polar surface area (TPSA) is 9.23 Å². The van der Waals surface area contributed by atoms with Crippen LogP contribution in [-0.4, -0.2) is 13.0 Å². The van der Waals surface area contributed by atoms with Gasteiger partial charge in [-0.25, -0.2) is 13.2 Å². The van der Waals surface area contributed by atoms with Crippen LogP contribution >= 0.6 is 0 Å². The van der Waals surface area contributed by atoms with Crippen molar-refractivity contribution < 1.29 is 22.3 Å². The average Bonchev–Trinajstić information content (AvgIpc) is 2.74. The minimum Gasteiger partial charge on any atom is -0.484 e. The largest absolute Gasteiger partial charge is 0.484 e. The van der Waals surface area contributed by atoms with Gasteiger partial charge in [0.2, 0.25) is 5.82 Å². The third kappa shape index (κ3) is 5.40. The first-order valence-corrected chi connectivity index (χ1v) is 10.1. The lowest BCUT2D eigenvalue weighted by Crippen LogP contribution is -2.13. The van der Waals surface area contributed by atoms with Gasteiger partial charge in [-0.15, -0.1) is 6.58 Å². The lowest BCUT2D eigenvalue weighted by atomic mass is 9.77. The van der Waals surface area contributed by atoms with E-state index in [4.69, 9.17) is 0 Å². The van der Waals surface area contributed by atoms with Gasteiger partial charge in [0.1, 0.15) is 6.61 Å². The van der Waals surface area contributed by atoms with Gasteiger partial charge in [-0.05, 0) is 73.6 Å². The molecular weight excluding hydrogens is 380 g/mol. The van der Waals surface area contributed by atoms with Gasteiger partial charge in [-0.3, -0.25) is 0 Å². The Kier molecular flexibility index (Phi) is 7.34. The van der Waals surface area contributed by atoms with E-state index in [-0.39, 0.29) is 5.56 Å². The molecule has 1 nitrogen and oxygen atoms in total. The monoisotopic (exact) mass is 406 g/mol. The summed E-state index contributed by atoms with van der Waals surface area (Å²) in [5.74, 6) is -1.57. The second-order valence-corrected chi connectivity index (χ2v) is 7.65. The maximum atomic E-state index is 14.4. The van der Waals surface area contributed by atoms with Crippen molar-refractivity contribution in [1.29, 1.82) is 0 Å². The van der Waals surface area contributed by atoms with Crippen molar-refractivity contribution in [2.45, 2.75) is 50.9 Å². The van der Waals surface area contributed by atoms with Crippen LogP contribution in [0.3, 0.4) is 0 Å². The van der Waals surface area contributed by atoms with Crippen molar-refractivity contribution >= 4 is 0 Å². The Morgan fingerprint density at radius 2 is 1.66 bits per heavy atom. The average molecular weight is 406 g/mol. The molecule has 5 heteroatoms. The molecule has 1 fully saturated rings. The summed E-state index contributed by atoms with van der Waals surface area (Å²) in [6, 6.07) is 10.1. The molecule has 0 heterocycles. The number of halogens is 4. The fourth-order valence-electron chi connectivity index (χ4n) is 4.09. The van der Waals surface area contributed by atoms with Crippen molar-refractivity contribution in [1.82, 2.24) is 0 Å². The molecule has 0 radical (unpaired) electrons. The zero-order chi connectivity index (χ0) is 20.8. The van der Waals surface area contributed by atoms with E-state index in [1.165, 1.54) is 37.0 Å². The Hall–Kier alpha value is -2.30. The predicted molar refractivity (Wildman–Crippen MR) is 107 cm³/mol. The molecule has 0 N–H and O–H groups in total. The van der Waals surface area contributed by atoms with Crippen molar-refractivity contribution in [2.75, 3.05) is 6.61 Å². The van der Waals surface area contributed by atoms with Crippen molar-refractivity contribution in [3.05, 3.63) is 66.3 Å². The zero-order valence-corrected chi connectivity index (χ0v) is 16.4. The van der Waals surface area contributed by atoms with Crippen LogP contribution in [0, 0.1) is 17.6 Å². The number of ether oxygens (including phenoxy) is 1. The van der Waals surface area contributed by atoms with Crippen molar-refractivity contribution in [3.63, 3.8) is 0 Å². The van der Waals surface area contributed by atoms with Crippen LogP contribution in [0.15, 0.2) is 49.1 Å². The summed E-state index contributed by atoms with van der Waals surface area (Å²) in [7, 11) is 0. The molecule has 3 rings (SSSR count). The van der Waals surface area contributed by atoms with Gasteiger partial charge in [0.25, 0.3) is 6.43 Å². The summed E-state index contributed by atoms with van der Waals surface area (Å²) in [6.45, 7) is 2.81. The SMILES string of the molecule is C=CCCC1CCC(c2ccc(-c3ccc(OCC(F)F)c(F)c3F)cc2)CC1. The minimum absolute atomic E-state index is 0.0894. The van der Waals surface area contributed by atoms with Gasteiger partial charge in [-0.1, -0.05) is 30.3 Å². The van der Waals surface area contributed by atoms with Crippen LogP contribution < -0.4 is 4.74 Å². The quantitative estimate of drug-likeness (QED) is 0.325. The van der Waals surface area contributed by atoms with E-state index in [0.717, 1.165) is 25.2 Å². The molecule has 0 bridgehead atoms. The lowest BCUT2D eigenvalue weighted by Gasteiger charge is -2.28. The molecule has 0 saturated heterocycles. The highest BCUT2D eigenvalue weighted by Gasteiger charge is 2.22. The Bertz CT molecular complexity index is 808. The first-order valence-electron chi connectivity index (χ1n) is 10.1. The number of hydrogen-bond acceptors (Lipinski definition) is 1. The Morgan fingerprint density at radius 1 is 0.966 bits per heavy atom. The van der Waals surface area contributed by atoms with E-state index in [9.17, 15) is 17.6 Å². The van der Waals surface area contributed by atoms with Gasteiger partial charge in [0.15, 0.2) is 11.6 Å². The summed E-state index contributed by atoms with van der Waals surface area (Å²) in [6.07, 6.45) is 6.20. The van der Waals surface area contributed by atoms with Crippen LogP contribution in [0.5, 0.6) is 5.75 Å². The fourth-order valence-corrected chi connectivity index (χ4v) is 4.09. The summed E-state index contributed by atoms with van der Waals surface area (Å²) >= 11 is 0. The third-order valence-corrected chi connectivity index (χ3v) is 5.73. The van der Waals surface area contributed by atoms with Gasteiger partial charge in [0, 0.05) is 5.56 Å². The molecule has 0 atom stereocenters. The predicted octanol–water partition coefficient (Wildman–Crippen LogP) is 7.52. The van der Waals surface area contributed by atoms with Gasteiger partial charge >= 0.3 is 0 Å². The smallest absolute Gasteiger partial charge is 0.272 e. The Morgan fingerprint density at radius 3 is 2.28 bits per heavy atom. The molecule has 0 unspecified atom stereocenters. The van der Waals surface area contributed by atoms with E-state index >= 15 is 0 Å². The van der Waals surface area contributed by atoms with Crippen molar-refractivity contribution in [3.8, 4) is 16.9 Å². The summed E-state index contributed by atoms with van der Waals surface area (Å²) in [5, 5.41) is 0. The molecular formula is C24H26F4O. The molecule has 0 aromatic heterocycles. The summed E-state index contributed by atoms with van der Waals surface area (Å²) in [4.78, 5) is 0.